The minimum atomic E-state index is -0.913. The van der Waals surface area contributed by atoms with Gasteiger partial charge in [0.15, 0.2) is 0 Å². The third kappa shape index (κ3) is 11.6. The van der Waals surface area contributed by atoms with Crippen LogP contribution in [0, 0.1) is 0 Å². The quantitative estimate of drug-likeness (QED) is 0.233. The summed E-state index contributed by atoms with van der Waals surface area (Å²) in [5.41, 5.74) is 0.284. The van der Waals surface area contributed by atoms with E-state index in [1.54, 1.807) is 24.3 Å². The van der Waals surface area contributed by atoms with Gasteiger partial charge in [-0.2, -0.15) is 0 Å². The topological polar surface area (TPSA) is 55.8 Å². The molecule has 0 bridgehead atoms. The van der Waals surface area contributed by atoms with Crippen LogP contribution < -0.4 is 4.74 Å². The molecule has 0 atom stereocenters. The third-order valence-corrected chi connectivity index (χ3v) is 4.62. The average molecular weight is 389 g/mol. The van der Waals surface area contributed by atoms with Crippen LogP contribution in [0.3, 0.4) is 0 Å². The van der Waals surface area contributed by atoms with Crippen LogP contribution in [-0.2, 0) is 4.74 Å². The number of carboxylic acid groups (broad SMARTS) is 1. The van der Waals surface area contributed by atoms with Crippen molar-refractivity contribution in [2.24, 2.45) is 0 Å². The van der Waals surface area contributed by atoms with Crippen molar-refractivity contribution in [2.45, 2.75) is 70.3 Å². The maximum Gasteiger partial charge on any atom is 0.335 e. The molecule has 0 unspecified atom stereocenters. The third-order valence-electron chi connectivity index (χ3n) is 4.62. The van der Waals surface area contributed by atoms with Crippen LogP contribution in [0.4, 0.5) is 0 Å². The van der Waals surface area contributed by atoms with Crippen LogP contribution in [0.2, 0.25) is 0 Å². The van der Waals surface area contributed by atoms with Gasteiger partial charge in [-0.15, -0.1) is 13.2 Å². The summed E-state index contributed by atoms with van der Waals surface area (Å²) in [5, 5.41) is 8.86. The Morgan fingerprint density at radius 2 is 1.36 bits per heavy atom. The molecule has 4 heteroatoms. The van der Waals surface area contributed by atoms with E-state index in [2.05, 4.69) is 13.2 Å². The van der Waals surface area contributed by atoms with Gasteiger partial charge in [0.1, 0.15) is 5.75 Å². The number of hydrogen-bond donors (Lipinski definition) is 1. The molecule has 1 rings (SSSR count). The zero-order chi connectivity index (χ0) is 20.5. The highest BCUT2D eigenvalue weighted by Gasteiger charge is 2.04. The fourth-order valence-electron chi connectivity index (χ4n) is 3.00. The van der Waals surface area contributed by atoms with Crippen molar-refractivity contribution in [2.75, 3.05) is 13.2 Å². The number of rotatable bonds is 18. The summed E-state index contributed by atoms with van der Waals surface area (Å²) in [5.74, 6) is -0.181. The molecule has 0 amide bonds. The van der Waals surface area contributed by atoms with Crippen molar-refractivity contribution in [3.8, 4) is 5.75 Å². The molecule has 0 saturated carbocycles. The van der Waals surface area contributed by atoms with Crippen LogP contribution in [-0.4, -0.2) is 30.4 Å². The van der Waals surface area contributed by atoms with Gasteiger partial charge in [-0.05, 0) is 49.9 Å². The number of ether oxygens (including phenoxy) is 2. The lowest BCUT2D eigenvalue weighted by Gasteiger charge is -2.14. The van der Waals surface area contributed by atoms with E-state index in [0.717, 1.165) is 38.0 Å². The fraction of sp³-hybridized carbons (Fsp3) is 0.542. The lowest BCUT2D eigenvalue weighted by molar-refractivity contribution is 0.0547. The Bertz CT molecular complexity index is 540. The summed E-state index contributed by atoms with van der Waals surface area (Å²) in [7, 11) is 0. The Morgan fingerprint density at radius 1 is 0.857 bits per heavy atom. The molecule has 0 spiro atoms. The molecule has 0 aliphatic heterocycles. The lowest BCUT2D eigenvalue weighted by Crippen LogP contribution is -2.11. The summed E-state index contributed by atoms with van der Waals surface area (Å²) in [6.45, 7) is 9.05. The van der Waals surface area contributed by atoms with Crippen molar-refractivity contribution >= 4 is 5.97 Å². The summed E-state index contributed by atoms with van der Waals surface area (Å²) in [4.78, 5) is 10.8. The highest BCUT2D eigenvalue weighted by molar-refractivity contribution is 5.87. The average Bonchev–Trinajstić information content (AvgIpc) is 2.69. The zero-order valence-corrected chi connectivity index (χ0v) is 17.1. The van der Waals surface area contributed by atoms with Crippen LogP contribution >= 0.6 is 0 Å². The molecule has 1 aromatic carbocycles. The Balaban J connectivity index is 1.90. The highest BCUT2D eigenvalue weighted by atomic mass is 16.5. The standard InChI is InChI=1S/C24H36O4/c1-3-13-22(14-4-2)27-19-11-9-7-5-6-8-10-12-20-28-23-17-15-21(16-18-23)24(25)26/h3-4,15-18,22H,1-2,5-14,19-20H2,(H,25,26). The normalized spacial score (nSPS) is 10.8. The van der Waals surface area contributed by atoms with Crippen molar-refractivity contribution in [1.82, 2.24) is 0 Å². The molecule has 0 aromatic heterocycles. The molecule has 0 saturated heterocycles. The second-order valence-electron chi connectivity index (χ2n) is 7.05. The Kier molecular flexibility index (Phi) is 13.6. The summed E-state index contributed by atoms with van der Waals surface area (Å²) in [6.07, 6.45) is 15.4. The van der Waals surface area contributed by atoms with Gasteiger partial charge >= 0.3 is 5.97 Å². The molecule has 0 radical (unpaired) electrons. The molecule has 0 aliphatic rings. The van der Waals surface area contributed by atoms with E-state index >= 15 is 0 Å². The number of hydrogen-bond acceptors (Lipinski definition) is 3. The van der Waals surface area contributed by atoms with Gasteiger partial charge in [-0.25, -0.2) is 4.79 Å². The molecular formula is C24H36O4. The van der Waals surface area contributed by atoms with E-state index in [0.29, 0.717) is 6.61 Å². The Labute approximate surface area is 170 Å². The molecule has 28 heavy (non-hydrogen) atoms. The zero-order valence-electron chi connectivity index (χ0n) is 17.1. The smallest absolute Gasteiger partial charge is 0.335 e. The van der Waals surface area contributed by atoms with Gasteiger partial charge in [0.25, 0.3) is 0 Å². The van der Waals surface area contributed by atoms with Crippen molar-refractivity contribution in [1.29, 1.82) is 0 Å². The molecule has 4 nitrogen and oxygen atoms in total. The number of carboxylic acids is 1. The summed E-state index contributed by atoms with van der Waals surface area (Å²) < 4.78 is 11.5. The van der Waals surface area contributed by atoms with Crippen LogP contribution in [0.15, 0.2) is 49.6 Å². The molecule has 0 fully saturated rings. The van der Waals surface area contributed by atoms with Crippen molar-refractivity contribution in [3.05, 3.63) is 55.1 Å². The SMILES string of the molecule is C=CCC(CC=C)OCCCCCCCCCCOc1ccc(C(=O)O)cc1. The van der Waals surface area contributed by atoms with E-state index in [9.17, 15) is 4.79 Å². The summed E-state index contributed by atoms with van der Waals surface area (Å²) in [6, 6.07) is 6.57. The molecule has 1 aromatic rings. The van der Waals surface area contributed by atoms with Crippen LogP contribution in [0.25, 0.3) is 0 Å². The van der Waals surface area contributed by atoms with Gasteiger partial charge < -0.3 is 14.6 Å². The van der Waals surface area contributed by atoms with Crippen molar-refractivity contribution < 1.29 is 19.4 Å². The molecule has 1 N–H and O–H groups in total. The Hall–Kier alpha value is -2.07. The first-order valence-corrected chi connectivity index (χ1v) is 10.5. The molecule has 0 heterocycles. The lowest BCUT2D eigenvalue weighted by atomic mass is 10.1. The van der Waals surface area contributed by atoms with Crippen LogP contribution in [0.1, 0.15) is 74.6 Å². The molecule has 156 valence electrons. The van der Waals surface area contributed by atoms with Gasteiger partial charge in [-0.3, -0.25) is 0 Å². The number of unbranched alkanes of at least 4 members (excludes halogenated alkanes) is 7. The van der Waals surface area contributed by atoms with Gasteiger partial charge in [0.05, 0.1) is 18.3 Å². The highest BCUT2D eigenvalue weighted by Crippen LogP contribution is 2.14. The Morgan fingerprint density at radius 3 is 1.86 bits per heavy atom. The minimum absolute atomic E-state index is 0.243. The second-order valence-corrected chi connectivity index (χ2v) is 7.05. The maximum atomic E-state index is 10.8. The fourth-order valence-corrected chi connectivity index (χ4v) is 3.00. The van der Waals surface area contributed by atoms with Gasteiger partial charge in [-0.1, -0.05) is 50.7 Å². The predicted molar refractivity (Wildman–Crippen MR) is 115 cm³/mol. The number of carbonyl (C=O) groups is 1. The predicted octanol–water partition coefficient (Wildman–Crippen LogP) is 6.42. The van der Waals surface area contributed by atoms with E-state index < -0.39 is 5.97 Å². The number of aromatic carboxylic acids is 1. The molecule has 0 aliphatic carbocycles. The van der Waals surface area contributed by atoms with Crippen molar-refractivity contribution in [3.63, 3.8) is 0 Å². The van der Waals surface area contributed by atoms with Crippen LogP contribution in [0.5, 0.6) is 5.75 Å². The first kappa shape index (κ1) is 24.0. The first-order chi connectivity index (χ1) is 13.7. The van der Waals surface area contributed by atoms with E-state index in [-0.39, 0.29) is 11.7 Å². The first-order valence-electron chi connectivity index (χ1n) is 10.5. The minimum Gasteiger partial charge on any atom is -0.494 e. The monoisotopic (exact) mass is 388 g/mol. The number of benzene rings is 1. The summed E-state index contributed by atoms with van der Waals surface area (Å²) >= 11 is 0. The largest absolute Gasteiger partial charge is 0.494 e. The van der Waals surface area contributed by atoms with Gasteiger partial charge in [0.2, 0.25) is 0 Å². The maximum absolute atomic E-state index is 10.8. The van der Waals surface area contributed by atoms with E-state index in [4.69, 9.17) is 14.6 Å². The van der Waals surface area contributed by atoms with E-state index in [1.165, 1.54) is 38.5 Å². The van der Waals surface area contributed by atoms with Gasteiger partial charge in [0, 0.05) is 6.61 Å². The van der Waals surface area contributed by atoms with E-state index in [1.807, 2.05) is 12.2 Å². The molecular weight excluding hydrogens is 352 g/mol. The second kappa shape index (κ2) is 15.9.